The summed E-state index contributed by atoms with van der Waals surface area (Å²) < 4.78 is 5.73. The predicted molar refractivity (Wildman–Crippen MR) is 120 cm³/mol. The fourth-order valence-electron chi connectivity index (χ4n) is 4.36. The molecule has 2 fully saturated rings. The van der Waals surface area contributed by atoms with Crippen molar-refractivity contribution in [3.8, 4) is 5.75 Å². The number of piperazine rings is 1. The number of hydrogen-bond donors (Lipinski definition) is 0. The van der Waals surface area contributed by atoms with Crippen LogP contribution in [-0.4, -0.2) is 61.6 Å². The molecule has 4 rings (SSSR count). The molecular formula is C23H28N4O4. The van der Waals surface area contributed by atoms with Gasteiger partial charge in [-0.25, -0.2) is 0 Å². The van der Waals surface area contributed by atoms with Crippen LogP contribution in [0.15, 0.2) is 42.5 Å². The fourth-order valence-corrected chi connectivity index (χ4v) is 4.36. The normalized spacial score (nSPS) is 16.5. The topological polar surface area (TPSA) is 79.2 Å². The van der Waals surface area contributed by atoms with Gasteiger partial charge in [-0.1, -0.05) is 12.1 Å². The van der Waals surface area contributed by atoms with Crippen LogP contribution in [0.4, 0.5) is 17.1 Å². The SMILES string of the molecule is CCOc1ccccc1N1CCN(C(=O)c2ccc(N3CCCC3)c([N+](=O)[O-])c2)CC1. The van der Waals surface area contributed by atoms with Crippen LogP contribution in [0, 0.1) is 10.1 Å². The third kappa shape index (κ3) is 4.42. The smallest absolute Gasteiger partial charge is 0.293 e. The van der Waals surface area contributed by atoms with Gasteiger partial charge in [-0.15, -0.1) is 0 Å². The van der Waals surface area contributed by atoms with Crippen LogP contribution < -0.4 is 14.5 Å². The molecule has 0 saturated carbocycles. The molecule has 2 saturated heterocycles. The minimum Gasteiger partial charge on any atom is -0.492 e. The first-order valence-electron chi connectivity index (χ1n) is 10.9. The summed E-state index contributed by atoms with van der Waals surface area (Å²) in [6.07, 6.45) is 2.07. The molecule has 0 bridgehead atoms. The van der Waals surface area contributed by atoms with Gasteiger partial charge in [0.05, 0.1) is 17.2 Å². The Kier molecular flexibility index (Phi) is 6.25. The first kappa shape index (κ1) is 21.0. The molecule has 31 heavy (non-hydrogen) atoms. The Balaban J connectivity index is 1.46. The highest BCUT2D eigenvalue weighted by Gasteiger charge is 2.27. The highest BCUT2D eigenvalue weighted by atomic mass is 16.6. The molecule has 0 aliphatic carbocycles. The summed E-state index contributed by atoms with van der Waals surface area (Å²) in [4.78, 5) is 30.4. The molecule has 2 aliphatic heterocycles. The monoisotopic (exact) mass is 424 g/mol. The number of carbonyl (C=O) groups excluding carboxylic acids is 1. The van der Waals surface area contributed by atoms with Gasteiger partial charge in [0.1, 0.15) is 11.4 Å². The van der Waals surface area contributed by atoms with Gasteiger partial charge in [-0.3, -0.25) is 14.9 Å². The molecule has 0 aromatic heterocycles. The molecule has 8 nitrogen and oxygen atoms in total. The molecule has 2 heterocycles. The van der Waals surface area contributed by atoms with Crippen molar-refractivity contribution in [3.63, 3.8) is 0 Å². The van der Waals surface area contributed by atoms with Gasteiger partial charge in [0.15, 0.2) is 0 Å². The first-order chi connectivity index (χ1) is 15.1. The number of amides is 1. The fraction of sp³-hybridized carbons (Fsp3) is 0.435. The zero-order chi connectivity index (χ0) is 21.8. The standard InChI is InChI=1S/C23H28N4O4/c1-2-31-22-8-4-3-7-20(22)25-13-15-26(16-14-25)23(28)18-9-10-19(21(17-18)27(29)30)24-11-5-6-12-24/h3-4,7-10,17H,2,5-6,11-16H2,1H3. The maximum absolute atomic E-state index is 13.1. The highest BCUT2D eigenvalue weighted by molar-refractivity contribution is 5.96. The number of nitro benzene ring substituents is 1. The zero-order valence-corrected chi connectivity index (χ0v) is 17.8. The van der Waals surface area contributed by atoms with Crippen molar-refractivity contribution in [1.29, 1.82) is 0 Å². The van der Waals surface area contributed by atoms with Crippen LogP contribution in [0.3, 0.4) is 0 Å². The number of ether oxygens (including phenoxy) is 1. The van der Waals surface area contributed by atoms with Crippen molar-refractivity contribution in [2.75, 3.05) is 55.7 Å². The Labute approximate surface area is 182 Å². The van der Waals surface area contributed by atoms with Crippen LogP contribution in [0.25, 0.3) is 0 Å². The average molecular weight is 425 g/mol. The van der Waals surface area contributed by atoms with E-state index in [4.69, 9.17) is 4.74 Å². The number of para-hydroxylation sites is 2. The minimum absolute atomic E-state index is 0.0111. The van der Waals surface area contributed by atoms with Gasteiger partial charge in [0, 0.05) is 50.9 Å². The van der Waals surface area contributed by atoms with E-state index in [2.05, 4.69) is 4.90 Å². The first-order valence-corrected chi connectivity index (χ1v) is 10.9. The van der Waals surface area contributed by atoms with E-state index in [9.17, 15) is 14.9 Å². The number of carbonyl (C=O) groups is 1. The number of rotatable bonds is 6. The Morgan fingerprint density at radius 2 is 1.65 bits per heavy atom. The lowest BCUT2D eigenvalue weighted by molar-refractivity contribution is -0.384. The Hall–Kier alpha value is -3.29. The molecule has 0 N–H and O–H groups in total. The maximum Gasteiger partial charge on any atom is 0.293 e. The van der Waals surface area contributed by atoms with Crippen molar-refractivity contribution in [2.45, 2.75) is 19.8 Å². The van der Waals surface area contributed by atoms with E-state index in [1.807, 2.05) is 36.1 Å². The van der Waals surface area contributed by atoms with Gasteiger partial charge in [0.25, 0.3) is 11.6 Å². The predicted octanol–water partition coefficient (Wildman–Crippen LogP) is 3.56. The van der Waals surface area contributed by atoms with Gasteiger partial charge in [-0.05, 0) is 44.0 Å². The van der Waals surface area contributed by atoms with Crippen molar-refractivity contribution in [3.05, 3.63) is 58.1 Å². The quantitative estimate of drug-likeness (QED) is 0.521. The zero-order valence-electron chi connectivity index (χ0n) is 17.8. The largest absolute Gasteiger partial charge is 0.492 e. The van der Waals surface area contributed by atoms with Crippen LogP contribution in [-0.2, 0) is 0 Å². The second-order valence-electron chi connectivity index (χ2n) is 7.83. The summed E-state index contributed by atoms with van der Waals surface area (Å²) in [5, 5.41) is 11.7. The molecule has 2 aromatic carbocycles. The van der Waals surface area contributed by atoms with Gasteiger partial charge < -0.3 is 19.4 Å². The third-order valence-corrected chi connectivity index (χ3v) is 5.94. The molecule has 8 heteroatoms. The van der Waals surface area contributed by atoms with Gasteiger partial charge >= 0.3 is 0 Å². The van der Waals surface area contributed by atoms with Crippen molar-refractivity contribution < 1.29 is 14.5 Å². The second kappa shape index (κ2) is 9.24. The number of hydrogen-bond acceptors (Lipinski definition) is 6. The summed E-state index contributed by atoms with van der Waals surface area (Å²) in [7, 11) is 0. The van der Waals surface area contributed by atoms with E-state index in [1.165, 1.54) is 6.07 Å². The number of benzene rings is 2. The Bertz CT molecular complexity index is 950. The average Bonchev–Trinajstić information content (AvgIpc) is 3.34. The Morgan fingerprint density at radius 3 is 2.32 bits per heavy atom. The van der Waals surface area contributed by atoms with Crippen molar-refractivity contribution >= 4 is 23.0 Å². The highest BCUT2D eigenvalue weighted by Crippen LogP contribution is 2.33. The molecular weight excluding hydrogens is 396 g/mol. The third-order valence-electron chi connectivity index (χ3n) is 5.94. The summed E-state index contributed by atoms with van der Waals surface area (Å²) in [6.45, 7) is 6.68. The molecule has 0 unspecified atom stereocenters. The number of nitro groups is 1. The van der Waals surface area contributed by atoms with E-state index < -0.39 is 0 Å². The second-order valence-corrected chi connectivity index (χ2v) is 7.83. The van der Waals surface area contributed by atoms with Crippen LogP contribution in [0.5, 0.6) is 5.75 Å². The molecule has 0 radical (unpaired) electrons. The van der Waals surface area contributed by atoms with E-state index >= 15 is 0 Å². The molecule has 2 aromatic rings. The van der Waals surface area contributed by atoms with Crippen molar-refractivity contribution in [2.24, 2.45) is 0 Å². The summed E-state index contributed by atoms with van der Waals surface area (Å²) >= 11 is 0. The van der Waals surface area contributed by atoms with Crippen LogP contribution in [0.2, 0.25) is 0 Å². The van der Waals surface area contributed by atoms with E-state index in [1.54, 1.807) is 17.0 Å². The van der Waals surface area contributed by atoms with Crippen LogP contribution in [0.1, 0.15) is 30.1 Å². The number of nitrogens with zero attached hydrogens (tertiary/aromatic N) is 4. The maximum atomic E-state index is 13.1. The molecule has 0 spiro atoms. The van der Waals surface area contributed by atoms with E-state index in [-0.39, 0.29) is 16.5 Å². The summed E-state index contributed by atoms with van der Waals surface area (Å²) in [5.74, 6) is 0.687. The molecule has 2 aliphatic rings. The van der Waals surface area contributed by atoms with Gasteiger partial charge in [-0.2, -0.15) is 0 Å². The van der Waals surface area contributed by atoms with E-state index in [0.29, 0.717) is 44.0 Å². The van der Waals surface area contributed by atoms with E-state index in [0.717, 1.165) is 37.4 Å². The molecule has 164 valence electrons. The lowest BCUT2D eigenvalue weighted by atomic mass is 10.1. The molecule has 1 amide bonds. The Morgan fingerprint density at radius 1 is 0.968 bits per heavy atom. The van der Waals surface area contributed by atoms with Crippen molar-refractivity contribution in [1.82, 2.24) is 4.90 Å². The minimum atomic E-state index is -0.382. The van der Waals surface area contributed by atoms with Gasteiger partial charge in [0.2, 0.25) is 0 Å². The summed E-state index contributed by atoms with van der Waals surface area (Å²) in [5.41, 5.74) is 2.02. The number of anilines is 2. The summed E-state index contributed by atoms with van der Waals surface area (Å²) in [6, 6.07) is 12.8. The molecule has 0 atom stereocenters. The lowest BCUT2D eigenvalue weighted by Crippen LogP contribution is -2.48. The van der Waals surface area contributed by atoms with Crippen LogP contribution >= 0.6 is 0 Å². The lowest BCUT2D eigenvalue weighted by Gasteiger charge is -2.36.